The van der Waals surface area contributed by atoms with E-state index in [1.54, 1.807) is 19.2 Å². The van der Waals surface area contributed by atoms with Crippen LogP contribution < -0.4 is 15.4 Å². The predicted molar refractivity (Wildman–Crippen MR) is 81.6 cm³/mol. The van der Waals surface area contributed by atoms with Crippen LogP contribution in [0.4, 0.5) is 16.2 Å². The molecule has 0 fully saturated rings. The molecule has 2 N–H and O–H groups in total. The predicted octanol–water partition coefficient (Wildman–Crippen LogP) is 3.96. The van der Waals surface area contributed by atoms with Crippen LogP contribution in [0.3, 0.4) is 0 Å². The smallest absolute Gasteiger partial charge is 0.323 e. The lowest BCUT2D eigenvalue weighted by atomic mass is 10.1. The lowest BCUT2D eigenvalue weighted by Gasteiger charge is -2.12. The van der Waals surface area contributed by atoms with Gasteiger partial charge in [0, 0.05) is 5.69 Å². The highest BCUT2D eigenvalue weighted by atomic mass is 16.5. The number of para-hydroxylation sites is 2. The van der Waals surface area contributed by atoms with Gasteiger partial charge < -0.3 is 15.4 Å². The van der Waals surface area contributed by atoms with Crippen LogP contribution in [0.1, 0.15) is 11.1 Å². The van der Waals surface area contributed by atoms with Crippen molar-refractivity contribution in [3.05, 3.63) is 53.6 Å². The molecule has 0 aliphatic rings. The van der Waals surface area contributed by atoms with Crippen LogP contribution in [0.25, 0.3) is 0 Å². The maximum atomic E-state index is 12.0. The van der Waals surface area contributed by atoms with Gasteiger partial charge in [0.2, 0.25) is 0 Å². The van der Waals surface area contributed by atoms with Gasteiger partial charge in [-0.3, -0.25) is 0 Å². The number of nitrogens with one attached hydrogen (secondary N) is 2. The van der Waals surface area contributed by atoms with Crippen molar-refractivity contribution in [1.29, 1.82) is 0 Å². The van der Waals surface area contributed by atoms with Gasteiger partial charge in [0.25, 0.3) is 0 Å². The van der Waals surface area contributed by atoms with Crippen LogP contribution in [0, 0.1) is 13.8 Å². The molecule has 0 aliphatic heterocycles. The second-order valence-electron chi connectivity index (χ2n) is 4.60. The lowest BCUT2D eigenvalue weighted by molar-refractivity contribution is 0.262. The number of hydrogen-bond donors (Lipinski definition) is 2. The van der Waals surface area contributed by atoms with Gasteiger partial charge in [0.15, 0.2) is 0 Å². The number of aryl methyl sites for hydroxylation is 2. The summed E-state index contributed by atoms with van der Waals surface area (Å²) in [5.74, 6) is 0.628. The van der Waals surface area contributed by atoms with Crippen LogP contribution in [0.15, 0.2) is 42.5 Å². The summed E-state index contributed by atoms with van der Waals surface area (Å²) < 4.78 is 5.20. The Morgan fingerprint density at radius 2 is 1.70 bits per heavy atom. The molecule has 0 aromatic heterocycles. The molecule has 104 valence electrons. The number of urea groups is 1. The minimum Gasteiger partial charge on any atom is -0.495 e. The Morgan fingerprint density at radius 3 is 2.45 bits per heavy atom. The molecule has 0 saturated heterocycles. The Bertz CT molecular complexity index is 624. The molecule has 4 heteroatoms. The van der Waals surface area contributed by atoms with Gasteiger partial charge in [0.05, 0.1) is 12.8 Å². The number of benzene rings is 2. The van der Waals surface area contributed by atoms with Crippen LogP contribution in [-0.2, 0) is 0 Å². The topological polar surface area (TPSA) is 50.4 Å². The summed E-state index contributed by atoms with van der Waals surface area (Å²) in [5.41, 5.74) is 3.56. The Balaban J connectivity index is 2.11. The molecular weight excluding hydrogens is 252 g/mol. The van der Waals surface area contributed by atoms with Crippen LogP contribution in [0.2, 0.25) is 0 Å². The highest BCUT2D eigenvalue weighted by Crippen LogP contribution is 2.23. The molecule has 0 spiro atoms. The fourth-order valence-corrected chi connectivity index (χ4v) is 1.89. The lowest BCUT2D eigenvalue weighted by Crippen LogP contribution is -2.20. The number of hydrogen-bond acceptors (Lipinski definition) is 2. The molecule has 20 heavy (non-hydrogen) atoms. The zero-order chi connectivity index (χ0) is 14.5. The van der Waals surface area contributed by atoms with Gasteiger partial charge in [-0.15, -0.1) is 0 Å². The van der Waals surface area contributed by atoms with Crippen molar-refractivity contribution >= 4 is 17.4 Å². The number of methoxy groups -OCH3 is 1. The summed E-state index contributed by atoms with van der Waals surface area (Å²) in [7, 11) is 1.57. The van der Waals surface area contributed by atoms with E-state index in [1.807, 2.05) is 44.2 Å². The molecule has 4 nitrogen and oxygen atoms in total. The number of carbonyl (C=O) groups is 1. The minimum atomic E-state index is -0.289. The van der Waals surface area contributed by atoms with Crippen molar-refractivity contribution in [3.8, 4) is 5.75 Å². The van der Waals surface area contributed by atoms with Crippen molar-refractivity contribution in [2.24, 2.45) is 0 Å². The van der Waals surface area contributed by atoms with Crippen molar-refractivity contribution < 1.29 is 9.53 Å². The zero-order valence-corrected chi connectivity index (χ0v) is 11.9. The monoisotopic (exact) mass is 270 g/mol. The SMILES string of the molecule is COc1ccccc1NC(=O)Nc1cc(C)ccc1C. The molecule has 0 unspecified atom stereocenters. The van der Waals surface area contributed by atoms with Crippen molar-refractivity contribution in [2.45, 2.75) is 13.8 Å². The van der Waals surface area contributed by atoms with Gasteiger partial charge in [-0.1, -0.05) is 24.3 Å². The minimum absolute atomic E-state index is 0.289. The summed E-state index contributed by atoms with van der Waals surface area (Å²) in [5, 5.41) is 5.63. The molecule has 0 saturated carbocycles. The number of carbonyl (C=O) groups excluding carboxylic acids is 1. The average molecular weight is 270 g/mol. The number of ether oxygens (including phenoxy) is 1. The summed E-state index contributed by atoms with van der Waals surface area (Å²) >= 11 is 0. The van der Waals surface area contributed by atoms with Gasteiger partial charge >= 0.3 is 6.03 Å². The summed E-state index contributed by atoms with van der Waals surface area (Å²) in [6.45, 7) is 3.95. The molecule has 0 radical (unpaired) electrons. The van der Waals surface area contributed by atoms with E-state index in [0.29, 0.717) is 11.4 Å². The molecule has 0 bridgehead atoms. The molecule has 2 amide bonds. The second-order valence-corrected chi connectivity index (χ2v) is 4.60. The molecule has 2 rings (SSSR count). The Kier molecular flexibility index (Phi) is 4.25. The summed E-state index contributed by atoms with van der Waals surface area (Å²) in [4.78, 5) is 12.0. The van der Waals surface area contributed by atoms with E-state index in [9.17, 15) is 4.79 Å². The van der Waals surface area contributed by atoms with Crippen LogP contribution in [-0.4, -0.2) is 13.1 Å². The molecule has 2 aromatic rings. The van der Waals surface area contributed by atoms with E-state index in [4.69, 9.17) is 4.74 Å². The number of amides is 2. The van der Waals surface area contributed by atoms with Crippen LogP contribution in [0.5, 0.6) is 5.75 Å². The largest absolute Gasteiger partial charge is 0.495 e. The van der Waals surface area contributed by atoms with E-state index in [0.717, 1.165) is 16.8 Å². The van der Waals surface area contributed by atoms with E-state index < -0.39 is 0 Å². The van der Waals surface area contributed by atoms with Gasteiger partial charge in [0.1, 0.15) is 5.75 Å². The van der Waals surface area contributed by atoms with Crippen LogP contribution >= 0.6 is 0 Å². The third-order valence-electron chi connectivity index (χ3n) is 3.00. The summed E-state index contributed by atoms with van der Waals surface area (Å²) in [6, 6.07) is 12.9. The maximum absolute atomic E-state index is 12.0. The third kappa shape index (κ3) is 3.29. The number of rotatable bonds is 3. The highest BCUT2D eigenvalue weighted by Gasteiger charge is 2.08. The van der Waals surface area contributed by atoms with Crippen molar-refractivity contribution in [3.63, 3.8) is 0 Å². The standard InChI is InChI=1S/C16H18N2O2/c1-11-8-9-12(2)14(10-11)18-16(19)17-13-6-4-5-7-15(13)20-3/h4-10H,1-3H3,(H2,17,18,19). The fourth-order valence-electron chi connectivity index (χ4n) is 1.89. The third-order valence-corrected chi connectivity index (χ3v) is 3.00. The van der Waals surface area contributed by atoms with Gasteiger partial charge in [-0.2, -0.15) is 0 Å². The van der Waals surface area contributed by atoms with Gasteiger partial charge in [-0.25, -0.2) is 4.79 Å². The second kappa shape index (κ2) is 6.10. The average Bonchev–Trinajstić information content (AvgIpc) is 2.43. The molecule has 0 atom stereocenters. The van der Waals surface area contributed by atoms with E-state index >= 15 is 0 Å². The zero-order valence-electron chi connectivity index (χ0n) is 11.9. The van der Waals surface area contributed by atoms with E-state index in [-0.39, 0.29) is 6.03 Å². The summed E-state index contributed by atoms with van der Waals surface area (Å²) in [6.07, 6.45) is 0. The first-order chi connectivity index (χ1) is 9.60. The first kappa shape index (κ1) is 13.9. The first-order valence-corrected chi connectivity index (χ1v) is 6.38. The molecule has 2 aromatic carbocycles. The quantitative estimate of drug-likeness (QED) is 0.887. The van der Waals surface area contributed by atoms with E-state index in [2.05, 4.69) is 10.6 Å². The van der Waals surface area contributed by atoms with E-state index in [1.165, 1.54) is 0 Å². The van der Waals surface area contributed by atoms with Crippen molar-refractivity contribution in [1.82, 2.24) is 0 Å². The normalized spacial score (nSPS) is 9.95. The fraction of sp³-hybridized carbons (Fsp3) is 0.188. The van der Waals surface area contributed by atoms with Gasteiger partial charge in [-0.05, 0) is 43.2 Å². The Hall–Kier alpha value is -2.49. The Morgan fingerprint density at radius 1 is 1.00 bits per heavy atom. The molecular formula is C16H18N2O2. The van der Waals surface area contributed by atoms with Crippen molar-refractivity contribution in [2.75, 3.05) is 17.7 Å². The maximum Gasteiger partial charge on any atom is 0.323 e. The first-order valence-electron chi connectivity index (χ1n) is 6.38. The molecule has 0 aliphatic carbocycles. The Labute approximate surface area is 118 Å². The molecule has 0 heterocycles. The number of anilines is 2. The highest BCUT2D eigenvalue weighted by molar-refractivity contribution is 6.01.